The number of benzene rings is 2. The van der Waals surface area contributed by atoms with Gasteiger partial charge in [-0.25, -0.2) is 0 Å². The van der Waals surface area contributed by atoms with Crippen molar-refractivity contribution >= 4 is 0 Å². The molecule has 2 aromatic rings. The third-order valence-corrected chi connectivity index (χ3v) is 3.61. The Morgan fingerprint density at radius 3 is 2.38 bits per heavy atom. The molecule has 0 aliphatic heterocycles. The summed E-state index contributed by atoms with van der Waals surface area (Å²) in [7, 11) is 0. The van der Waals surface area contributed by atoms with Crippen LogP contribution in [-0.2, 0) is 6.42 Å². The second-order valence-electron chi connectivity index (χ2n) is 6.07. The fourth-order valence-electron chi connectivity index (χ4n) is 2.32. The van der Waals surface area contributed by atoms with Crippen molar-refractivity contribution in [1.82, 2.24) is 0 Å². The number of nitrogens with two attached hydrogens (primary N) is 1. The lowest BCUT2D eigenvalue weighted by Crippen LogP contribution is -2.18. The van der Waals surface area contributed by atoms with Crippen molar-refractivity contribution in [2.45, 2.75) is 46.1 Å². The van der Waals surface area contributed by atoms with E-state index >= 15 is 0 Å². The molecule has 1 unspecified atom stereocenters. The molecule has 2 aromatic carbocycles. The standard InChI is InChI=1S/C19H25NO/c1-13(2)16-10-9-14(3)19(12-16)21-18-8-6-5-7-17(18)11-15(4)20/h5-10,12-13,15H,11,20H2,1-4H3. The lowest BCUT2D eigenvalue weighted by atomic mass is 10.0. The molecule has 112 valence electrons. The van der Waals surface area contributed by atoms with Gasteiger partial charge in [-0.15, -0.1) is 0 Å². The van der Waals surface area contributed by atoms with E-state index in [2.05, 4.69) is 45.0 Å². The fourth-order valence-corrected chi connectivity index (χ4v) is 2.32. The Balaban J connectivity index is 2.32. The molecule has 0 saturated heterocycles. The smallest absolute Gasteiger partial charge is 0.130 e. The number of ether oxygens (including phenoxy) is 1. The van der Waals surface area contributed by atoms with E-state index in [4.69, 9.17) is 10.5 Å². The van der Waals surface area contributed by atoms with Crippen LogP contribution in [0, 0.1) is 6.92 Å². The van der Waals surface area contributed by atoms with Crippen molar-refractivity contribution in [3.05, 3.63) is 59.2 Å². The highest BCUT2D eigenvalue weighted by Gasteiger charge is 2.10. The molecule has 0 saturated carbocycles. The van der Waals surface area contributed by atoms with Crippen LogP contribution in [0.25, 0.3) is 0 Å². The monoisotopic (exact) mass is 283 g/mol. The number of para-hydroxylation sites is 1. The van der Waals surface area contributed by atoms with E-state index in [0.717, 1.165) is 29.0 Å². The number of aryl methyl sites for hydroxylation is 1. The zero-order valence-corrected chi connectivity index (χ0v) is 13.4. The van der Waals surface area contributed by atoms with Gasteiger partial charge in [0.1, 0.15) is 11.5 Å². The average molecular weight is 283 g/mol. The van der Waals surface area contributed by atoms with Gasteiger partial charge in [-0.3, -0.25) is 0 Å². The first kappa shape index (κ1) is 15.6. The number of hydrogen-bond acceptors (Lipinski definition) is 2. The molecule has 1 atom stereocenters. The van der Waals surface area contributed by atoms with Crippen LogP contribution in [0.1, 0.15) is 43.4 Å². The Labute approximate surface area is 127 Å². The van der Waals surface area contributed by atoms with E-state index < -0.39 is 0 Å². The summed E-state index contributed by atoms with van der Waals surface area (Å²) >= 11 is 0. The summed E-state index contributed by atoms with van der Waals surface area (Å²) in [6.07, 6.45) is 0.819. The zero-order valence-electron chi connectivity index (χ0n) is 13.4. The maximum absolute atomic E-state index is 6.18. The highest BCUT2D eigenvalue weighted by molar-refractivity contribution is 5.43. The van der Waals surface area contributed by atoms with Crippen LogP contribution in [0.5, 0.6) is 11.5 Å². The van der Waals surface area contributed by atoms with Crippen LogP contribution in [0.3, 0.4) is 0 Å². The summed E-state index contributed by atoms with van der Waals surface area (Å²) in [6.45, 7) is 8.48. The van der Waals surface area contributed by atoms with Gasteiger partial charge < -0.3 is 10.5 Å². The molecular weight excluding hydrogens is 258 g/mol. The second kappa shape index (κ2) is 6.77. The van der Waals surface area contributed by atoms with Crippen LogP contribution < -0.4 is 10.5 Å². The molecule has 2 rings (SSSR count). The molecule has 0 aromatic heterocycles. The largest absolute Gasteiger partial charge is 0.457 e. The van der Waals surface area contributed by atoms with Gasteiger partial charge in [0.05, 0.1) is 0 Å². The summed E-state index contributed by atoms with van der Waals surface area (Å²) in [4.78, 5) is 0. The van der Waals surface area contributed by atoms with Crippen LogP contribution in [0.15, 0.2) is 42.5 Å². The van der Waals surface area contributed by atoms with Crippen LogP contribution in [0.4, 0.5) is 0 Å². The first-order valence-corrected chi connectivity index (χ1v) is 7.59. The van der Waals surface area contributed by atoms with Crippen molar-refractivity contribution in [2.75, 3.05) is 0 Å². The summed E-state index contributed by atoms with van der Waals surface area (Å²) < 4.78 is 6.18. The molecule has 21 heavy (non-hydrogen) atoms. The van der Waals surface area contributed by atoms with E-state index in [0.29, 0.717) is 5.92 Å². The van der Waals surface area contributed by atoms with Crippen molar-refractivity contribution in [1.29, 1.82) is 0 Å². The lowest BCUT2D eigenvalue weighted by Gasteiger charge is -2.16. The van der Waals surface area contributed by atoms with Gasteiger partial charge in [-0.1, -0.05) is 44.2 Å². The van der Waals surface area contributed by atoms with Gasteiger partial charge in [-0.2, -0.15) is 0 Å². The Morgan fingerprint density at radius 2 is 1.71 bits per heavy atom. The molecule has 0 bridgehead atoms. The van der Waals surface area contributed by atoms with E-state index in [1.165, 1.54) is 5.56 Å². The third kappa shape index (κ3) is 4.08. The topological polar surface area (TPSA) is 35.2 Å². The van der Waals surface area contributed by atoms with Crippen LogP contribution >= 0.6 is 0 Å². The first-order chi connectivity index (χ1) is 9.97. The molecule has 0 amide bonds. The second-order valence-corrected chi connectivity index (χ2v) is 6.07. The van der Waals surface area contributed by atoms with Gasteiger partial charge in [0.25, 0.3) is 0 Å². The predicted octanol–water partition coefficient (Wildman–Crippen LogP) is 4.80. The van der Waals surface area contributed by atoms with Crippen LogP contribution in [0.2, 0.25) is 0 Å². The van der Waals surface area contributed by atoms with E-state index in [1.807, 2.05) is 25.1 Å². The first-order valence-electron chi connectivity index (χ1n) is 7.59. The van der Waals surface area contributed by atoms with Crippen molar-refractivity contribution in [3.63, 3.8) is 0 Å². The summed E-state index contributed by atoms with van der Waals surface area (Å²) in [5.74, 6) is 2.32. The quantitative estimate of drug-likeness (QED) is 0.855. The highest BCUT2D eigenvalue weighted by Crippen LogP contribution is 2.31. The van der Waals surface area contributed by atoms with Gasteiger partial charge in [0, 0.05) is 6.04 Å². The Hall–Kier alpha value is -1.80. The zero-order chi connectivity index (χ0) is 15.4. The van der Waals surface area contributed by atoms with Crippen molar-refractivity contribution in [3.8, 4) is 11.5 Å². The van der Waals surface area contributed by atoms with E-state index in [1.54, 1.807) is 0 Å². The molecule has 0 radical (unpaired) electrons. The number of rotatable bonds is 5. The molecule has 0 spiro atoms. The fraction of sp³-hybridized carbons (Fsp3) is 0.368. The highest BCUT2D eigenvalue weighted by atomic mass is 16.5. The molecule has 0 fully saturated rings. The maximum Gasteiger partial charge on any atom is 0.130 e. The maximum atomic E-state index is 6.18. The Bertz CT molecular complexity index is 602. The Morgan fingerprint density at radius 1 is 1.00 bits per heavy atom. The Kier molecular flexibility index (Phi) is 5.03. The molecule has 2 N–H and O–H groups in total. The van der Waals surface area contributed by atoms with E-state index in [9.17, 15) is 0 Å². The summed E-state index contributed by atoms with van der Waals surface area (Å²) in [5.41, 5.74) is 9.52. The minimum absolute atomic E-state index is 0.123. The molecular formula is C19H25NO. The van der Waals surface area contributed by atoms with Gasteiger partial charge in [0.15, 0.2) is 0 Å². The normalized spacial score (nSPS) is 12.5. The van der Waals surface area contributed by atoms with Crippen LogP contribution in [-0.4, -0.2) is 6.04 Å². The molecule has 2 heteroatoms. The van der Waals surface area contributed by atoms with Gasteiger partial charge in [0.2, 0.25) is 0 Å². The minimum atomic E-state index is 0.123. The number of hydrogen-bond donors (Lipinski definition) is 1. The molecule has 2 nitrogen and oxygen atoms in total. The molecule has 0 heterocycles. The van der Waals surface area contributed by atoms with Gasteiger partial charge >= 0.3 is 0 Å². The van der Waals surface area contributed by atoms with Crippen molar-refractivity contribution < 1.29 is 4.74 Å². The molecule has 0 aliphatic rings. The average Bonchev–Trinajstić information content (AvgIpc) is 2.42. The SMILES string of the molecule is Cc1ccc(C(C)C)cc1Oc1ccccc1CC(C)N. The summed E-state index contributed by atoms with van der Waals surface area (Å²) in [5, 5.41) is 0. The predicted molar refractivity (Wildman–Crippen MR) is 89.1 cm³/mol. The van der Waals surface area contributed by atoms with E-state index in [-0.39, 0.29) is 6.04 Å². The summed E-state index contributed by atoms with van der Waals surface area (Å²) in [6, 6.07) is 14.7. The lowest BCUT2D eigenvalue weighted by molar-refractivity contribution is 0.469. The minimum Gasteiger partial charge on any atom is -0.457 e. The van der Waals surface area contributed by atoms with Crippen molar-refractivity contribution in [2.24, 2.45) is 5.73 Å². The van der Waals surface area contributed by atoms with Gasteiger partial charge in [-0.05, 0) is 55.0 Å². The molecule has 0 aliphatic carbocycles. The third-order valence-electron chi connectivity index (χ3n) is 3.61.